The molecule has 1 unspecified atom stereocenters. The highest BCUT2D eigenvalue weighted by Gasteiger charge is 2.34. The molecule has 1 aliphatic rings. The van der Waals surface area contributed by atoms with E-state index in [1.807, 2.05) is 18.9 Å². The molecule has 0 saturated heterocycles. The first kappa shape index (κ1) is 15.2. The molecule has 6 nitrogen and oxygen atoms in total. The summed E-state index contributed by atoms with van der Waals surface area (Å²) in [4.78, 5) is 2.03. The van der Waals surface area contributed by atoms with E-state index in [2.05, 4.69) is 12.0 Å². The zero-order valence-corrected chi connectivity index (χ0v) is 13.4. The molecule has 20 heavy (non-hydrogen) atoms. The van der Waals surface area contributed by atoms with Crippen LogP contribution >= 0.6 is 0 Å². The molecular formula is C13H24N4O2S. The van der Waals surface area contributed by atoms with E-state index in [4.69, 9.17) is 5.73 Å². The molecule has 2 rings (SSSR count). The smallest absolute Gasteiger partial charge is 0.182 e. The fourth-order valence-corrected chi connectivity index (χ4v) is 3.56. The van der Waals surface area contributed by atoms with E-state index in [9.17, 15) is 8.42 Å². The normalized spacial score (nSPS) is 17.2. The summed E-state index contributed by atoms with van der Waals surface area (Å²) in [5, 5.41) is 4.49. The second-order valence-corrected chi connectivity index (χ2v) is 7.71. The molecule has 0 aliphatic heterocycles. The van der Waals surface area contributed by atoms with Crippen LogP contribution in [-0.4, -0.2) is 38.0 Å². The van der Waals surface area contributed by atoms with Crippen LogP contribution in [0.5, 0.6) is 0 Å². The van der Waals surface area contributed by atoms with E-state index in [0.717, 1.165) is 25.8 Å². The molecule has 1 saturated carbocycles. The van der Waals surface area contributed by atoms with Crippen molar-refractivity contribution in [1.82, 2.24) is 9.78 Å². The fraction of sp³-hybridized carbons (Fsp3) is 0.769. The summed E-state index contributed by atoms with van der Waals surface area (Å²) in [6.07, 6.45) is 4.43. The molecule has 1 fully saturated rings. The van der Waals surface area contributed by atoms with Crippen LogP contribution < -0.4 is 10.6 Å². The van der Waals surface area contributed by atoms with Gasteiger partial charge in [-0.3, -0.25) is 0 Å². The molecule has 1 heterocycles. The summed E-state index contributed by atoms with van der Waals surface area (Å²) >= 11 is 0. The largest absolute Gasteiger partial charge is 0.383 e. The molecular weight excluding hydrogens is 276 g/mol. The fourth-order valence-electron chi connectivity index (χ4n) is 2.56. The Balaban J connectivity index is 2.51. The molecule has 1 aromatic rings. The first-order valence-electron chi connectivity index (χ1n) is 7.06. The van der Waals surface area contributed by atoms with Crippen molar-refractivity contribution in [1.29, 1.82) is 0 Å². The predicted octanol–water partition coefficient (Wildman–Crippen LogP) is 1.69. The molecule has 2 N–H and O–H groups in total. The van der Waals surface area contributed by atoms with Gasteiger partial charge in [0.1, 0.15) is 5.82 Å². The Labute approximate surface area is 120 Å². The van der Waals surface area contributed by atoms with Crippen LogP contribution in [0.3, 0.4) is 0 Å². The Hall–Kier alpha value is -1.24. The zero-order valence-electron chi connectivity index (χ0n) is 12.6. The first-order chi connectivity index (χ1) is 9.27. The Bertz CT molecular complexity index is 590. The maximum atomic E-state index is 12.0. The van der Waals surface area contributed by atoms with Crippen molar-refractivity contribution in [2.75, 3.05) is 30.5 Å². The minimum atomic E-state index is -3.40. The van der Waals surface area contributed by atoms with Crippen LogP contribution in [0.15, 0.2) is 4.90 Å². The average Bonchev–Trinajstić information content (AvgIpc) is 3.10. The van der Waals surface area contributed by atoms with Gasteiger partial charge in [0.25, 0.3) is 0 Å². The van der Waals surface area contributed by atoms with Gasteiger partial charge in [0.05, 0.1) is 6.04 Å². The second kappa shape index (κ2) is 5.27. The summed E-state index contributed by atoms with van der Waals surface area (Å²) in [5.41, 5.74) is 6.09. The van der Waals surface area contributed by atoms with Gasteiger partial charge in [-0.15, -0.1) is 0 Å². The number of nitrogens with two attached hydrogens (primary N) is 1. The van der Waals surface area contributed by atoms with Gasteiger partial charge in [-0.25, -0.2) is 13.1 Å². The Morgan fingerprint density at radius 2 is 2.10 bits per heavy atom. The van der Waals surface area contributed by atoms with E-state index in [0.29, 0.717) is 11.7 Å². The highest BCUT2D eigenvalue weighted by atomic mass is 32.2. The van der Waals surface area contributed by atoms with Crippen molar-refractivity contribution in [3.05, 3.63) is 0 Å². The minimum absolute atomic E-state index is 0.152. The van der Waals surface area contributed by atoms with Crippen molar-refractivity contribution >= 4 is 21.5 Å². The molecule has 1 atom stereocenters. The lowest BCUT2D eigenvalue weighted by Gasteiger charge is -2.16. The van der Waals surface area contributed by atoms with E-state index in [1.54, 1.807) is 4.68 Å². The predicted molar refractivity (Wildman–Crippen MR) is 80.7 cm³/mol. The molecule has 1 aromatic heterocycles. The van der Waals surface area contributed by atoms with Crippen LogP contribution in [-0.2, 0) is 9.84 Å². The molecule has 0 amide bonds. The highest BCUT2D eigenvalue weighted by Crippen LogP contribution is 2.42. The topological polar surface area (TPSA) is 81.2 Å². The summed E-state index contributed by atoms with van der Waals surface area (Å²) in [6, 6.07) is 0.152. The number of aromatic nitrogens is 2. The molecule has 1 aliphatic carbocycles. The van der Waals surface area contributed by atoms with Crippen LogP contribution in [0, 0.1) is 5.92 Å². The molecule has 114 valence electrons. The van der Waals surface area contributed by atoms with E-state index < -0.39 is 9.84 Å². The average molecular weight is 300 g/mol. The van der Waals surface area contributed by atoms with Crippen LogP contribution in [0.1, 0.15) is 39.2 Å². The van der Waals surface area contributed by atoms with Gasteiger partial charge in [0.2, 0.25) is 0 Å². The third-order valence-electron chi connectivity index (χ3n) is 3.87. The Morgan fingerprint density at radius 1 is 1.50 bits per heavy atom. The van der Waals surface area contributed by atoms with Crippen LogP contribution in [0.25, 0.3) is 0 Å². The number of hydrogen-bond donors (Lipinski definition) is 1. The van der Waals surface area contributed by atoms with Crippen molar-refractivity contribution in [3.63, 3.8) is 0 Å². The quantitative estimate of drug-likeness (QED) is 0.864. The Morgan fingerprint density at radius 3 is 2.55 bits per heavy atom. The minimum Gasteiger partial charge on any atom is -0.383 e. The third-order valence-corrected chi connectivity index (χ3v) is 5.00. The van der Waals surface area contributed by atoms with Crippen molar-refractivity contribution < 1.29 is 8.42 Å². The highest BCUT2D eigenvalue weighted by molar-refractivity contribution is 7.91. The summed E-state index contributed by atoms with van der Waals surface area (Å²) in [6.45, 7) is 4.84. The summed E-state index contributed by atoms with van der Waals surface area (Å²) < 4.78 is 25.8. The molecule has 0 aromatic carbocycles. The number of rotatable bonds is 6. The SMILES string of the molecule is CCCN(C)c1nn(C(C)C2CC2)c(N)c1S(C)(=O)=O. The van der Waals surface area contributed by atoms with Crippen LogP contribution in [0.4, 0.5) is 11.6 Å². The van der Waals surface area contributed by atoms with Gasteiger partial charge < -0.3 is 10.6 Å². The summed E-state index contributed by atoms with van der Waals surface area (Å²) in [7, 11) is -1.54. The lowest BCUT2D eigenvalue weighted by molar-refractivity contribution is 0.445. The number of nitrogens with zero attached hydrogens (tertiary/aromatic N) is 3. The lowest BCUT2D eigenvalue weighted by Crippen LogP contribution is -2.20. The molecule has 0 spiro atoms. The van der Waals surface area contributed by atoms with E-state index in [1.165, 1.54) is 6.26 Å². The Kier molecular flexibility index (Phi) is 4.00. The first-order valence-corrected chi connectivity index (χ1v) is 8.95. The maximum Gasteiger partial charge on any atom is 0.182 e. The third kappa shape index (κ3) is 2.77. The molecule has 0 bridgehead atoms. The van der Waals surface area contributed by atoms with Gasteiger partial charge in [0.15, 0.2) is 20.6 Å². The number of hydrogen-bond acceptors (Lipinski definition) is 5. The second-order valence-electron chi connectivity index (χ2n) is 5.75. The van der Waals surface area contributed by atoms with E-state index in [-0.39, 0.29) is 16.8 Å². The van der Waals surface area contributed by atoms with Crippen molar-refractivity contribution in [3.8, 4) is 0 Å². The molecule has 7 heteroatoms. The van der Waals surface area contributed by atoms with Gasteiger partial charge in [-0.2, -0.15) is 5.10 Å². The number of anilines is 2. The summed E-state index contributed by atoms with van der Waals surface area (Å²) in [5.74, 6) is 1.30. The maximum absolute atomic E-state index is 12.0. The number of nitrogen functional groups attached to an aromatic ring is 1. The number of sulfone groups is 1. The van der Waals surface area contributed by atoms with Gasteiger partial charge >= 0.3 is 0 Å². The van der Waals surface area contributed by atoms with Crippen LogP contribution in [0.2, 0.25) is 0 Å². The van der Waals surface area contributed by atoms with Gasteiger partial charge in [0, 0.05) is 19.8 Å². The lowest BCUT2D eigenvalue weighted by atomic mass is 10.2. The monoisotopic (exact) mass is 300 g/mol. The van der Waals surface area contributed by atoms with E-state index >= 15 is 0 Å². The van der Waals surface area contributed by atoms with Gasteiger partial charge in [-0.05, 0) is 32.1 Å². The standard InChI is InChI=1S/C13H24N4O2S/c1-5-8-16(3)13-11(20(4,18)19)12(14)17(15-13)9(2)10-6-7-10/h9-10H,5-8,14H2,1-4H3. The van der Waals surface area contributed by atoms with Crippen molar-refractivity contribution in [2.45, 2.75) is 44.0 Å². The zero-order chi connectivity index (χ0) is 15.1. The molecule has 0 radical (unpaired) electrons. The van der Waals surface area contributed by atoms with Crippen molar-refractivity contribution in [2.24, 2.45) is 5.92 Å². The van der Waals surface area contributed by atoms with Gasteiger partial charge in [-0.1, -0.05) is 6.92 Å².